The third-order valence-electron chi connectivity index (χ3n) is 5.14. The van der Waals surface area contributed by atoms with E-state index in [-0.39, 0.29) is 18.4 Å². The Morgan fingerprint density at radius 2 is 1.88 bits per heavy atom. The molecule has 0 bridgehead atoms. The molecule has 1 aromatic carbocycles. The summed E-state index contributed by atoms with van der Waals surface area (Å²) in [4.78, 5) is 28.0. The van der Waals surface area contributed by atoms with Crippen LogP contribution in [-0.4, -0.2) is 67.1 Å². The van der Waals surface area contributed by atoms with Gasteiger partial charge in [-0.2, -0.15) is 0 Å². The smallest absolute Gasteiger partial charge is 0.260 e. The number of hydrogen-bond acceptors (Lipinski definition) is 4. The van der Waals surface area contributed by atoms with Crippen LogP contribution in [0.15, 0.2) is 24.3 Å². The molecule has 25 heavy (non-hydrogen) atoms. The molecule has 0 aromatic heterocycles. The summed E-state index contributed by atoms with van der Waals surface area (Å²) in [5, 5.41) is 0. The molecule has 3 rings (SSSR count). The van der Waals surface area contributed by atoms with Gasteiger partial charge in [0.05, 0.1) is 18.6 Å². The van der Waals surface area contributed by atoms with Crippen molar-refractivity contribution in [2.45, 2.75) is 31.8 Å². The van der Waals surface area contributed by atoms with E-state index in [2.05, 4.69) is 0 Å². The Morgan fingerprint density at radius 3 is 2.56 bits per heavy atom. The Labute approximate surface area is 148 Å². The summed E-state index contributed by atoms with van der Waals surface area (Å²) in [6, 6.07) is 7.66. The number of carbonyl (C=O) groups excluding carboxylic acids is 2. The van der Waals surface area contributed by atoms with Crippen LogP contribution in [0.3, 0.4) is 0 Å². The molecule has 2 aliphatic rings. The van der Waals surface area contributed by atoms with Gasteiger partial charge in [-0.1, -0.05) is 17.7 Å². The van der Waals surface area contributed by atoms with E-state index in [9.17, 15) is 9.59 Å². The number of aryl methyl sites for hydroxylation is 1. The largest absolute Gasteiger partial charge is 0.484 e. The van der Waals surface area contributed by atoms with Crippen LogP contribution in [-0.2, 0) is 14.3 Å². The van der Waals surface area contributed by atoms with Crippen molar-refractivity contribution in [1.29, 1.82) is 0 Å². The Kier molecular flexibility index (Phi) is 5.27. The molecule has 0 saturated carbocycles. The van der Waals surface area contributed by atoms with Gasteiger partial charge in [-0.05, 0) is 31.9 Å². The van der Waals surface area contributed by atoms with E-state index >= 15 is 0 Å². The Balaban J connectivity index is 1.50. The van der Waals surface area contributed by atoms with Crippen molar-refractivity contribution in [1.82, 2.24) is 9.80 Å². The molecule has 136 valence electrons. The summed E-state index contributed by atoms with van der Waals surface area (Å²) in [5.74, 6) is 0.806. The van der Waals surface area contributed by atoms with Gasteiger partial charge >= 0.3 is 0 Å². The third kappa shape index (κ3) is 4.31. The van der Waals surface area contributed by atoms with Crippen LogP contribution in [0, 0.1) is 6.92 Å². The zero-order valence-electron chi connectivity index (χ0n) is 15.0. The van der Waals surface area contributed by atoms with E-state index in [1.807, 2.05) is 43.1 Å². The number of hydrogen-bond donors (Lipinski definition) is 0. The van der Waals surface area contributed by atoms with E-state index in [0.717, 1.165) is 5.56 Å². The van der Waals surface area contributed by atoms with Crippen molar-refractivity contribution < 1.29 is 19.1 Å². The third-order valence-corrected chi connectivity index (χ3v) is 5.14. The average Bonchev–Trinajstić information content (AvgIpc) is 2.74. The number of carbonyl (C=O) groups is 2. The van der Waals surface area contributed by atoms with Crippen molar-refractivity contribution in [2.24, 2.45) is 0 Å². The number of piperidine rings is 1. The van der Waals surface area contributed by atoms with Crippen molar-refractivity contribution in [3.05, 3.63) is 29.8 Å². The van der Waals surface area contributed by atoms with Gasteiger partial charge in [-0.25, -0.2) is 0 Å². The highest BCUT2D eigenvalue weighted by Crippen LogP contribution is 2.32. The molecular weight excluding hydrogens is 320 g/mol. The fraction of sp³-hybridized carbons (Fsp3) is 0.579. The first kappa shape index (κ1) is 17.7. The normalized spacial score (nSPS) is 20.5. The molecule has 6 nitrogen and oxygen atoms in total. The topological polar surface area (TPSA) is 59.1 Å². The van der Waals surface area contributed by atoms with Crippen LogP contribution < -0.4 is 4.74 Å². The minimum absolute atomic E-state index is 0.0208. The second-order valence-corrected chi connectivity index (χ2v) is 7.01. The molecule has 2 saturated heterocycles. The molecule has 0 aliphatic carbocycles. The molecule has 0 radical (unpaired) electrons. The van der Waals surface area contributed by atoms with Crippen LogP contribution in [0.5, 0.6) is 5.75 Å². The SMILES string of the molecule is Cc1ccc(OCC(=O)N2CCC3(CC2)CC(=O)N(C)CCO3)cc1. The first-order valence-electron chi connectivity index (χ1n) is 8.83. The summed E-state index contributed by atoms with van der Waals surface area (Å²) in [7, 11) is 1.81. The van der Waals surface area contributed by atoms with Gasteiger partial charge in [-0.15, -0.1) is 0 Å². The summed E-state index contributed by atoms with van der Waals surface area (Å²) < 4.78 is 11.6. The Morgan fingerprint density at radius 1 is 1.20 bits per heavy atom. The van der Waals surface area contributed by atoms with Gasteiger partial charge in [0.2, 0.25) is 5.91 Å². The van der Waals surface area contributed by atoms with Crippen molar-refractivity contribution in [3.63, 3.8) is 0 Å². The number of amides is 2. The summed E-state index contributed by atoms with van der Waals surface area (Å²) in [6.45, 7) is 4.45. The zero-order valence-corrected chi connectivity index (χ0v) is 15.0. The molecule has 1 spiro atoms. The fourth-order valence-corrected chi connectivity index (χ4v) is 3.34. The predicted octanol–water partition coefficient (Wildman–Crippen LogP) is 1.61. The maximum atomic E-state index is 12.4. The van der Waals surface area contributed by atoms with E-state index in [0.29, 0.717) is 51.3 Å². The standard InChI is InChI=1S/C19H26N2O4/c1-15-3-5-16(6-4-15)24-14-18(23)21-9-7-19(8-10-21)13-17(22)20(2)11-12-25-19/h3-6H,7-14H2,1-2H3. The van der Waals surface area contributed by atoms with E-state index < -0.39 is 5.60 Å². The molecule has 2 fully saturated rings. The van der Waals surface area contributed by atoms with Crippen molar-refractivity contribution in [3.8, 4) is 5.75 Å². The van der Waals surface area contributed by atoms with Crippen molar-refractivity contribution >= 4 is 11.8 Å². The Bertz CT molecular complexity index is 621. The molecule has 2 heterocycles. The monoisotopic (exact) mass is 346 g/mol. The summed E-state index contributed by atoms with van der Waals surface area (Å²) >= 11 is 0. The summed E-state index contributed by atoms with van der Waals surface area (Å²) in [5.41, 5.74) is 0.750. The maximum absolute atomic E-state index is 12.4. The Hall–Kier alpha value is -2.08. The van der Waals surface area contributed by atoms with Gasteiger partial charge in [0.25, 0.3) is 5.91 Å². The highest BCUT2D eigenvalue weighted by Gasteiger charge is 2.40. The van der Waals surface area contributed by atoms with Crippen LogP contribution >= 0.6 is 0 Å². The number of nitrogens with zero attached hydrogens (tertiary/aromatic N) is 2. The molecule has 0 unspecified atom stereocenters. The first-order valence-corrected chi connectivity index (χ1v) is 8.83. The highest BCUT2D eigenvalue weighted by atomic mass is 16.5. The number of ether oxygens (including phenoxy) is 2. The predicted molar refractivity (Wildman–Crippen MR) is 93.4 cm³/mol. The van der Waals surface area contributed by atoms with Crippen LogP contribution in [0.2, 0.25) is 0 Å². The number of likely N-dealkylation sites (N-methyl/N-ethyl adjacent to an activating group) is 1. The minimum Gasteiger partial charge on any atom is -0.484 e. The maximum Gasteiger partial charge on any atom is 0.260 e. The molecule has 2 aliphatic heterocycles. The quantitative estimate of drug-likeness (QED) is 0.834. The van der Waals surface area contributed by atoms with Crippen LogP contribution in [0.1, 0.15) is 24.8 Å². The zero-order chi connectivity index (χ0) is 17.9. The van der Waals surface area contributed by atoms with Gasteiger partial charge in [0, 0.05) is 26.7 Å². The highest BCUT2D eigenvalue weighted by molar-refractivity contribution is 5.79. The van der Waals surface area contributed by atoms with Gasteiger partial charge in [0.1, 0.15) is 5.75 Å². The van der Waals surface area contributed by atoms with Crippen LogP contribution in [0.4, 0.5) is 0 Å². The van der Waals surface area contributed by atoms with E-state index in [1.165, 1.54) is 0 Å². The van der Waals surface area contributed by atoms with Gasteiger partial charge < -0.3 is 19.3 Å². The van der Waals surface area contributed by atoms with Crippen LogP contribution in [0.25, 0.3) is 0 Å². The summed E-state index contributed by atoms with van der Waals surface area (Å²) in [6.07, 6.45) is 1.80. The molecule has 1 aromatic rings. The molecule has 0 N–H and O–H groups in total. The lowest BCUT2D eigenvalue weighted by molar-refractivity contribution is -0.142. The number of benzene rings is 1. The second kappa shape index (κ2) is 7.44. The number of likely N-dealkylation sites (tertiary alicyclic amines) is 1. The fourth-order valence-electron chi connectivity index (χ4n) is 3.34. The second-order valence-electron chi connectivity index (χ2n) is 7.01. The van der Waals surface area contributed by atoms with Crippen molar-refractivity contribution in [2.75, 3.05) is 39.9 Å². The minimum atomic E-state index is -0.406. The molecule has 2 amide bonds. The average molecular weight is 346 g/mol. The molecule has 0 atom stereocenters. The lowest BCUT2D eigenvalue weighted by atomic mass is 9.87. The molecule has 6 heteroatoms. The van der Waals surface area contributed by atoms with Gasteiger partial charge in [0.15, 0.2) is 6.61 Å². The lowest BCUT2D eigenvalue weighted by Crippen LogP contribution is -2.50. The number of rotatable bonds is 3. The van der Waals surface area contributed by atoms with Gasteiger partial charge in [-0.3, -0.25) is 9.59 Å². The first-order chi connectivity index (χ1) is 12.0. The molecular formula is C19H26N2O4. The van der Waals surface area contributed by atoms with E-state index in [1.54, 1.807) is 4.90 Å². The van der Waals surface area contributed by atoms with E-state index in [4.69, 9.17) is 9.47 Å². The lowest BCUT2D eigenvalue weighted by Gasteiger charge is -2.40.